The van der Waals surface area contributed by atoms with Gasteiger partial charge in [0.2, 0.25) is 5.82 Å². The Balaban J connectivity index is 1.13. The molecule has 3 N–H and O–H groups in total. The van der Waals surface area contributed by atoms with Crippen LogP contribution in [0.2, 0.25) is 5.02 Å². The number of ether oxygens (including phenoxy) is 1. The zero-order chi connectivity index (χ0) is 33.1. The van der Waals surface area contributed by atoms with E-state index in [1.165, 1.54) is 24.5 Å². The van der Waals surface area contributed by atoms with Crippen molar-refractivity contribution < 1.29 is 28.2 Å². The predicted molar refractivity (Wildman–Crippen MR) is 168 cm³/mol. The Morgan fingerprint density at radius 3 is 2.62 bits per heavy atom. The summed E-state index contributed by atoms with van der Waals surface area (Å²) in [5.41, 5.74) is 1.34. The minimum Gasteiger partial charge on any atom is -0.476 e. The second kappa shape index (κ2) is 13.8. The number of aromatic nitrogens is 3. The molecule has 16 heteroatoms. The van der Waals surface area contributed by atoms with Gasteiger partial charge in [-0.2, -0.15) is 9.65 Å². The molecule has 2 aromatic carbocycles. The Kier molecular flexibility index (Phi) is 9.34. The molecule has 2 fully saturated rings. The standard InChI is InChI=1S/C31H30ClF2N9O4/c32-23-15-19(1-2-21(23)30(45)40-10-12-41(13-11-40)31(46)42-8-6-36-20(17-42)18-44)39-28-29-38-16-24(43(29)9-7-37-28)22-3-4-25(47-14-5-35)27(34)26(22)33/h1-4,7,9,15-16,20,36,44H,6,8,10-14,17-18H2,(H,37,39)/t20-/m1/s1. The highest BCUT2D eigenvalue weighted by atomic mass is 35.5. The minimum absolute atomic E-state index is 0.0428. The van der Waals surface area contributed by atoms with Crippen molar-refractivity contribution in [3.05, 3.63) is 71.1 Å². The summed E-state index contributed by atoms with van der Waals surface area (Å²) in [4.78, 5) is 40.1. The number of urea groups is 1. The Bertz CT molecular complexity index is 1860. The van der Waals surface area contributed by atoms with Gasteiger partial charge < -0.3 is 35.2 Å². The summed E-state index contributed by atoms with van der Waals surface area (Å²) in [7, 11) is 0. The molecule has 2 saturated heterocycles. The SMILES string of the molecule is N#CCOc1ccc(-c2cnc3c(Nc4ccc(C(=O)N5CCN(C(=O)N6CCN[C@@H](CO)C6)CC5)c(Cl)c4)nccn23)c(F)c1F. The third kappa shape index (κ3) is 6.48. The summed E-state index contributed by atoms with van der Waals surface area (Å²) < 4.78 is 36.1. The number of imidazole rings is 1. The lowest BCUT2D eigenvalue weighted by Gasteiger charge is -2.40. The topological polar surface area (TPSA) is 151 Å². The van der Waals surface area contributed by atoms with Gasteiger partial charge in [-0.1, -0.05) is 11.6 Å². The number of amides is 3. The van der Waals surface area contributed by atoms with Crippen LogP contribution in [0.1, 0.15) is 10.4 Å². The largest absolute Gasteiger partial charge is 0.476 e. The second-order valence-electron chi connectivity index (χ2n) is 11.0. The number of aliphatic hydroxyl groups is 1. The van der Waals surface area contributed by atoms with E-state index < -0.39 is 18.2 Å². The molecule has 1 atom stereocenters. The first-order valence-corrected chi connectivity index (χ1v) is 15.2. The lowest BCUT2D eigenvalue weighted by molar-refractivity contribution is 0.0621. The fourth-order valence-electron chi connectivity index (χ4n) is 5.65. The third-order valence-electron chi connectivity index (χ3n) is 8.09. The van der Waals surface area contributed by atoms with Crippen LogP contribution in [0.15, 0.2) is 48.9 Å². The molecule has 0 bridgehead atoms. The molecule has 244 valence electrons. The van der Waals surface area contributed by atoms with Gasteiger partial charge in [-0.15, -0.1) is 0 Å². The maximum absolute atomic E-state index is 15.0. The number of hydrogen-bond acceptors (Lipinski definition) is 9. The Hall–Kier alpha value is -5.04. The average molecular weight is 666 g/mol. The lowest BCUT2D eigenvalue weighted by Crippen LogP contribution is -2.59. The molecule has 0 unspecified atom stereocenters. The van der Waals surface area contributed by atoms with Crippen molar-refractivity contribution >= 4 is 40.7 Å². The number of fused-ring (bicyclic) bond motifs is 1. The van der Waals surface area contributed by atoms with E-state index in [9.17, 15) is 23.5 Å². The number of benzene rings is 2. The van der Waals surface area contributed by atoms with Crippen molar-refractivity contribution in [2.45, 2.75) is 6.04 Å². The number of piperazine rings is 2. The average Bonchev–Trinajstić information content (AvgIpc) is 3.53. The number of nitrogens with one attached hydrogen (secondary N) is 2. The number of hydrogen-bond donors (Lipinski definition) is 3. The van der Waals surface area contributed by atoms with E-state index in [4.69, 9.17) is 21.6 Å². The zero-order valence-corrected chi connectivity index (χ0v) is 25.8. The maximum atomic E-state index is 15.0. The molecule has 47 heavy (non-hydrogen) atoms. The molecule has 3 amide bonds. The Morgan fingerprint density at radius 1 is 1.09 bits per heavy atom. The van der Waals surface area contributed by atoms with Gasteiger partial charge in [0, 0.05) is 75.5 Å². The smallest absolute Gasteiger partial charge is 0.320 e. The number of aliphatic hydroxyl groups excluding tert-OH is 1. The molecule has 2 aromatic heterocycles. The van der Waals surface area contributed by atoms with E-state index in [-0.39, 0.29) is 46.6 Å². The van der Waals surface area contributed by atoms with Crippen molar-refractivity contribution in [1.29, 1.82) is 5.26 Å². The Morgan fingerprint density at radius 2 is 1.87 bits per heavy atom. The van der Waals surface area contributed by atoms with Crippen LogP contribution in [0.25, 0.3) is 16.9 Å². The molecule has 0 aliphatic carbocycles. The molecule has 6 rings (SSSR count). The molecule has 13 nitrogen and oxygen atoms in total. The summed E-state index contributed by atoms with van der Waals surface area (Å²) in [6.07, 6.45) is 4.40. The minimum atomic E-state index is -1.22. The number of carbonyl (C=O) groups excluding carboxylic acids is 2. The van der Waals surface area contributed by atoms with Gasteiger partial charge in [0.25, 0.3) is 5.91 Å². The Labute approximate surface area is 272 Å². The van der Waals surface area contributed by atoms with Crippen LogP contribution >= 0.6 is 11.6 Å². The van der Waals surface area contributed by atoms with Gasteiger partial charge in [-0.25, -0.2) is 19.2 Å². The van der Waals surface area contributed by atoms with E-state index in [0.29, 0.717) is 68.5 Å². The normalized spacial score (nSPS) is 16.7. The van der Waals surface area contributed by atoms with Crippen molar-refractivity contribution in [3.8, 4) is 23.1 Å². The highest BCUT2D eigenvalue weighted by Gasteiger charge is 2.31. The number of rotatable bonds is 7. The van der Waals surface area contributed by atoms with Crippen LogP contribution in [0, 0.1) is 23.0 Å². The summed E-state index contributed by atoms with van der Waals surface area (Å²) in [6, 6.07) is 8.91. The van der Waals surface area contributed by atoms with Gasteiger partial charge >= 0.3 is 6.03 Å². The van der Waals surface area contributed by atoms with Crippen LogP contribution in [0.5, 0.6) is 5.75 Å². The molecule has 2 aliphatic rings. The van der Waals surface area contributed by atoms with Gasteiger partial charge in [-0.05, 0) is 30.3 Å². The summed E-state index contributed by atoms with van der Waals surface area (Å²) in [5, 5.41) is 24.6. The second-order valence-corrected chi connectivity index (χ2v) is 11.4. The van der Waals surface area contributed by atoms with Crippen molar-refractivity contribution in [3.63, 3.8) is 0 Å². The van der Waals surface area contributed by atoms with Gasteiger partial charge in [0.15, 0.2) is 29.6 Å². The van der Waals surface area contributed by atoms with Crippen molar-refractivity contribution in [2.24, 2.45) is 0 Å². The molecular formula is C31H30ClF2N9O4. The van der Waals surface area contributed by atoms with Gasteiger partial charge in [-0.3, -0.25) is 9.20 Å². The number of anilines is 2. The fourth-order valence-corrected chi connectivity index (χ4v) is 5.91. The van der Waals surface area contributed by atoms with Crippen LogP contribution in [0.3, 0.4) is 0 Å². The lowest BCUT2D eigenvalue weighted by atomic mass is 10.1. The molecule has 4 heterocycles. The third-order valence-corrected chi connectivity index (χ3v) is 8.40. The predicted octanol–water partition coefficient (Wildman–Crippen LogP) is 3.12. The van der Waals surface area contributed by atoms with Crippen LogP contribution in [-0.2, 0) is 0 Å². The van der Waals surface area contributed by atoms with E-state index in [1.54, 1.807) is 49.6 Å². The first-order chi connectivity index (χ1) is 22.8. The zero-order valence-electron chi connectivity index (χ0n) is 25.0. The molecule has 2 aliphatic heterocycles. The molecule has 0 spiro atoms. The highest BCUT2D eigenvalue weighted by molar-refractivity contribution is 6.34. The quantitative estimate of drug-likeness (QED) is 0.271. The first-order valence-electron chi connectivity index (χ1n) is 14.8. The van der Waals surface area contributed by atoms with Crippen LogP contribution < -0.4 is 15.4 Å². The number of carbonyl (C=O) groups is 2. The summed E-state index contributed by atoms with van der Waals surface area (Å²) >= 11 is 6.57. The molecule has 0 saturated carbocycles. The summed E-state index contributed by atoms with van der Waals surface area (Å²) in [6.45, 7) is 2.61. The highest BCUT2D eigenvalue weighted by Crippen LogP contribution is 2.32. The molecule has 4 aromatic rings. The van der Waals surface area contributed by atoms with E-state index in [1.807, 2.05) is 0 Å². The van der Waals surface area contributed by atoms with Crippen LogP contribution in [0.4, 0.5) is 25.1 Å². The fraction of sp³-hybridized carbons (Fsp3) is 0.323. The number of nitrogens with zero attached hydrogens (tertiary/aromatic N) is 7. The first kappa shape index (κ1) is 31.9. The van der Waals surface area contributed by atoms with Crippen molar-refractivity contribution in [1.82, 2.24) is 34.4 Å². The van der Waals surface area contributed by atoms with E-state index in [0.717, 1.165) is 0 Å². The van der Waals surface area contributed by atoms with Gasteiger partial charge in [0.1, 0.15) is 6.07 Å². The van der Waals surface area contributed by atoms with Gasteiger partial charge in [0.05, 0.1) is 29.1 Å². The maximum Gasteiger partial charge on any atom is 0.320 e. The van der Waals surface area contributed by atoms with Crippen LogP contribution in [-0.4, -0.2) is 111 Å². The summed E-state index contributed by atoms with van der Waals surface area (Å²) in [5.74, 6) is -2.69. The van der Waals surface area contributed by atoms with E-state index >= 15 is 0 Å². The van der Waals surface area contributed by atoms with E-state index in [2.05, 4.69) is 20.6 Å². The molecule has 0 radical (unpaired) electrons. The molecular weight excluding hydrogens is 636 g/mol. The number of halogens is 3. The monoisotopic (exact) mass is 665 g/mol. The number of nitriles is 1. The van der Waals surface area contributed by atoms with Crippen molar-refractivity contribution in [2.75, 3.05) is 64.3 Å².